The maximum absolute atomic E-state index is 13.1. The molecule has 0 saturated carbocycles. The van der Waals surface area contributed by atoms with Gasteiger partial charge in [0, 0.05) is 31.6 Å². The summed E-state index contributed by atoms with van der Waals surface area (Å²) < 4.78 is 40.8. The molecule has 30 heavy (non-hydrogen) atoms. The third-order valence-electron chi connectivity index (χ3n) is 6.03. The monoisotopic (exact) mass is 422 g/mol. The van der Waals surface area contributed by atoms with E-state index in [9.17, 15) is 12.8 Å². The number of anilines is 1. The van der Waals surface area contributed by atoms with Crippen LogP contribution >= 0.6 is 0 Å². The first kappa shape index (κ1) is 19.3. The Bertz CT molecular complexity index is 1230. The van der Waals surface area contributed by atoms with Gasteiger partial charge in [-0.3, -0.25) is 9.21 Å². The molecule has 0 unspecified atom stereocenters. The van der Waals surface area contributed by atoms with Crippen LogP contribution in [0.2, 0.25) is 0 Å². The topological polar surface area (TPSA) is 40.6 Å². The van der Waals surface area contributed by atoms with Gasteiger partial charge in [0.1, 0.15) is 5.82 Å². The van der Waals surface area contributed by atoms with Crippen molar-refractivity contribution in [2.24, 2.45) is 0 Å². The average molecular weight is 423 g/mol. The Kier molecular flexibility index (Phi) is 4.83. The van der Waals surface area contributed by atoms with Crippen LogP contribution in [-0.4, -0.2) is 39.5 Å². The van der Waals surface area contributed by atoms with Crippen LogP contribution in [-0.2, 0) is 10.0 Å². The molecule has 0 fully saturated rings. The molecule has 3 aromatic rings. The van der Waals surface area contributed by atoms with Crippen molar-refractivity contribution in [3.05, 3.63) is 78.1 Å². The Balaban J connectivity index is 1.24. The van der Waals surface area contributed by atoms with Crippen molar-refractivity contribution in [1.29, 1.82) is 0 Å². The van der Waals surface area contributed by atoms with E-state index < -0.39 is 10.0 Å². The molecule has 4 nitrogen and oxygen atoms in total. The molecule has 2 heterocycles. The van der Waals surface area contributed by atoms with Gasteiger partial charge in [-0.25, -0.2) is 12.8 Å². The molecular weight excluding hydrogens is 399 g/mol. The summed E-state index contributed by atoms with van der Waals surface area (Å²) in [5.74, 6) is -0.216. The number of nitrogens with zero attached hydrogens (tertiary/aromatic N) is 2. The molecule has 154 valence electrons. The normalized spacial score (nSPS) is 18.0. The molecule has 2 aliphatic heterocycles. The first-order chi connectivity index (χ1) is 14.5. The van der Waals surface area contributed by atoms with Gasteiger partial charge >= 0.3 is 0 Å². The summed E-state index contributed by atoms with van der Waals surface area (Å²) in [4.78, 5) is 2.75. The van der Waals surface area contributed by atoms with E-state index in [1.54, 1.807) is 16.4 Å². The standard InChI is InChI=1S/C24H23FN2O2S/c25-21-10-8-18(9-11-21)19-12-16-26(17-13-19)14-3-15-27-22-6-1-4-20-5-2-7-23(24(20)22)30(27,28)29/h1-2,4-12H,3,13-17H2. The van der Waals surface area contributed by atoms with Crippen LogP contribution in [0.25, 0.3) is 16.3 Å². The SMILES string of the molecule is O=S1(=O)c2cccc3cccc(c23)N1CCCN1CC=C(c2ccc(F)cc2)CC1. The molecule has 6 heteroatoms. The number of hydrogen-bond donors (Lipinski definition) is 0. The van der Waals surface area contributed by atoms with Crippen molar-refractivity contribution in [1.82, 2.24) is 4.90 Å². The van der Waals surface area contributed by atoms with Crippen molar-refractivity contribution in [3.8, 4) is 0 Å². The highest BCUT2D eigenvalue weighted by Crippen LogP contribution is 2.41. The molecule has 0 amide bonds. The zero-order valence-electron chi connectivity index (χ0n) is 16.6. The minimum absolute atomic E-state index is 0.216. The highest BCUT2D eigenvalue weighted by atomic mass is 32.2. The van der Waals surface area contributed by atoms with E-state index in [1.165, 1.54) is 17.7 Å². The molecule has 2 aliphatic rings. The number of benzene rings is 3. The summed E-state index contributed by atoms with van der Waals surface area (Å²) in [5, 5.41) is 1.80. The smallest absolute Gasteiger partial charge is 0.265 e. The molecule has 0 N–H and O–H groups in total. The maximum atomic E-state index is 13.1. The van der Waals surface area contributed by atoms with Gasteiger partial charge < -0.3 is 0 Å². The van der Waals surface area contributed by atoms with Crippen molar-refractivity contribution in [3.63, 3.8) is 0 Å². The van der Waals surface area contributed by atoms with Gasteiger partial charge in [-0.2, -0.15) is 0 Å². The molecular formula is C24H23FN2O2S. The van der Waals surface area contributed by atoms with Gasteiger partial charge in [-0.05, 0) is 53.6 Å². The fourth-order valence-electron chi connectivity index (χ4n) is 4.48. The highest BCUT2D eigenvalue weighted by Gasteiger charge is 2.35. The van der Waals surface area contributed by atoms with Crippen LogP contribution < -0.4 is 4.31 Å². The number of halogens is 1. The van der Waals surface area contributed by atoms with Crippen LogP contribution in [0.5, 0.6) is 0 Å². The minimum atomic E-state index is -3.48. The second kappa shape index (κ2) is 7.52. The molecule has 0 saturated heterocycles. The van der Waals surface area contributed by atoms with Crippen molar-refractivity contribution < 1.29 is 12.8 Å². The fraction of sp³-hybridized carbons (Fsp3) is 0.250. The minimum Gasteiger partial charge on any atom is -0.299 e. The van der Waals surface area contributed by atoms with Gasteiger partial charge in [0.15, 0.2) is 0 Å². The third kappa shape index (κ3) is 3.30. The molecule has 0 atom stereocenters. The predicted molar refractivity (Wildman–Crippen MR) is 119 cm³/mol. The first-order valence-electron chi connectivity index (χ1n) is 10.3. The maximum Gasteiger partial charge on any atom is 0.265 e. The first-order valence-corrected chi connectivity index (χ1v) is 11.7. The lowest BCUT2D eigenvalue weighted by Crippen LogP contribution is -2.34. The summed E-state index contributed by atoms with van der Waals surface area (Å²) in [5.41, 5.74) is 3.11. The van der Waals surface area contributed by atoms with Crippen molar-refractivity contribution >= 4 is 32.1 Å². The largest absolute Gasteiger partial charge is 0.299 e. The van der Waals surface area contributed by atoms with E-state index in [4.69, 9.17) is 0 Å². The predicted octanol–water partition coefficient (Wildman–Crippen LogP) is 4.67. The third-order valence-corrected chi connectivity index (χ3v) is 7.88. The van der Waals surface area contributed by atoms with Crippen LogP contribution in [0.3, 0.4) is 0 Å². The molecule has 0 aromatic heterocycles. The quantitative estimate of drug-likeness (QED) is 0.600. The Labute approximate surface area is 176 Å². The van der Waals surface area contributed by atoms with E-state index in [0.717, 1.165) is 54.5 Å². The Morgan fingerprint density at radius 3 is 2.43 bits per heavy atom. The summed E-state index contributed by atoms with van der Waals surface area (Å²) in [6.45, 7) is 3.06. The lowest BCUT2D eigenvalue weighted by Gasteiger charge is -2.27. The number of rotatable bonds is 5. The van der Waals surface area contributed by atoms with Gasteiger partial charge in [0.05, 0.1) is 10.6 Å². The molecule has 5 rings (SSSR count). The average Bonchev–Trinajstić information content (AvgIpc) is 2.98. The van der Waals surface area contributed by atoms with Crippen LogP contribution in [0.15, 0.2) is 71.6 Å². The van der Waals surface area contributed by atoms with Crippen LogP contribution in [0.1, 0.15) is 18.4 Å². The van der Waals surface area contributed by atoms with Crippen molar-refractivity contribution in [2.75, 3.05) is 30.5 Å². The Morgan fingerprint density at radius 2 is 1.70 bits per heavy atom. The highest BCUT2D eigenvalue weighted by molar-refractivity contribution is 7.93. The Hall–Kier alpha value is -2.70. The lowest BCUT2D eigenvalue weighted by molar-refractivity contribution is 0.300. The fourth-order valence-corrected chi connectivity index (χ4v) is 6.23. The summed E-state index contributed by atoms with van der Waals surface area (Å²) >= 11 is 0. The van der Waals surface area contributed by atoms with Gasteiger partial charge in [0.25, 0.3) is 10.0 Å². The molecule has 0 aliphatic carbocycles. The van der Waals surface area contributed by atoms with Crippen LogP contribution in [0.4, 0.5) is 10.1 Å². The van der Waals surface area contributed by atoms with E-state index in [0.29, 0.717) is 11.4 Å². The summed E-state index contributed by atoms with van der Waals surface area (Å²) in [7, 11) is -3.48. The number of sulfonamides is 1. The zero-order chi connectivity index (χ0) is 20.7. The molecule has 0 radical (unpaired) electrons. The van der Waals surface area contributed by atoms with E-state index in [1.807, 2.05) is 36.4 Å². The molecule has 0 bridgehead atoms. The second-order valence-electron chi connectivity index (χ2n) is 7.85. The van der Waals surface area contributed by atoms with Gasteiger partial charge in [-0.15, -0.1) is 0 Å². The lowest BCUT2D eigenvalue weighted by atomic mass is 9.99. The zero-order valence-corrected chi connectivity index (χ0v) is 17.4. The van der Waals surface area contributed by atoms with E-state index >= 15 is 0 Å². The van der Waals surface area contributed by atoms with E-state index in [2.05, 4.69) is 11.0 Å². The summed E-state index contributed by atoms with van der Waals surface area (Å²) in [6.07, 6.45) is 3.88. The molecule has 3 aromatic carbocycles. The molecule has 0 spiro atoms. The van der Waals surface area contributed by atoms with Gasteiger partial charge in [-0.1, -0.05) is 42.5 Å². The second-order valence-corrected chi connectivity index (χ2v) is 9.68. The van der Waals surface area contributed by atoms with Crippen LogP contribution in [0, 0.1) is 5.82 Å². The number of hydrogen-bond acceptors (Lipinski definition) is 3. The van der Waals surface area contributed by atoms with Crippen molar-refractivity contribution in [2.45, 2.75) is 17.7 Å². The summed E-state index contributed by atoms with van der Waals surface area (Å²) in [6, 6.07) is 17.9. The van der Waals surface area contributed by atoms with Gasteiger partial charge in [0.2, 0.25) is 0 Å². The Morgan fingerprint density at radius 1 is 0.933 bits per heavy atom. The van der Waals surface area contributed by atoms with E-state index in [-0.39, 0.29) is 5.82 Å².